The first-order valence-corrected chi connectivity index (χ1v) is 7.08. The molecular formula is C15H18N2O4. The molecule has 6 nitrogen and oxygen atoms in total. The zero-order chi connectivity index (χ0) is 14.8. The van der Waals surface area contributed by atoms with Crippen molar-refractivity contribution in [1.82, 2.24) is 4.90 Å². The summed E-state index contributed by atoms with van der Waals surface area (Å²) in [7, 11) is 0. The van der Waals surface area contributed by atoms with Gasteiger partial charge in [-0.3, -0.25) is 14.5 Å². The lowest BCUT2D eigenvalue weighted by Crippen LogP contribution is -2.43. The van der Waals surface area contributed by atoms with Crippen molar-refractivity contribution in [3.63, 3.8) is 0 Å². The molecule has 1 atom stereocenters. The van der Waals surface area contributed by atoms with E-state index in [1.165, 1.54) is 0 Å². The van der Waals surface area contributed by atoms with Gasteiger partial charge in [0.1, 0.15) is 0 Å². The van der Waals surface area contributed by atoms with Crippen molar-refractivity contribution in [3.8, 4) is 11.5 Å². The molecule has 0 aliphatic carbocycles. The monoisotopic (exact) mass is 290 g/mol. The molecule has 1 fully saturated rings. The first-order chi connectivity index (χ1) is 10.1. The number of Topliss-reactive ketones (excluding diaryl/α,β-unsaturated/α-hetero) is 1. The molecule has 1 unspecified atom stereocenters. The molecule has 0 spiro atoms. The average molecular weight is 290 g/mol. The Kier molecular flexibility index (Phi) is 3.79. The van der Waals surface area contributed by atoms with Gasteiger partial charge >= 0.3 is 0 Å². The van der Waals surface area contributed by atoms with Crippen molar-refractivity contribution in [3.05, 3.63) is 23.8 Å². The molecule has 6 heteroatoms. The molecule has 2 N–H and O–H groups in total. The Morgan fingerprint density at radius 2 is 2.10 bits per heavy atom. The van der Waals surface area contributed by atoms with Gasteiger partial charge in [0, 0.05) is 12.1 Å². The minimum Gasteiger partial charge on any atom is -0.454 e. The van der Waals surface area contributed by atoms with Crippen LogP contribution in [-0.2, 0) is 4.79 Å². The number of hydrogen-bond acceptors (Lipinski definition) is 5. The topological polar surface area (TPSA) is 81.9 Å². The van der Waals surface area contributed by atoms with Gasteiger partial charge in [-0.15, -0.1) is 0 Å². The van der Waals surface area contributed by atoms with Crippen LogP contribution in [0.25, 0.3) is 0 Å². The fourth-order valence-corrected chi connectivity index (χ4v) is 2.80. The van der Waals surface area contributed by atoms with Crippen molar-refractivity contribution in [1.29, 1.82) is 0 Å². The number of carbonyl (C=O) groups is 2. The van der Waals surface area contributed by atoms with Crippen molar-refractivity contribution in [2.24, 2.45) is 11.7 Å². The third kappa shape index (κ3) is 3.00. The summed E-state index contributed by atoms with van der Waals surface area (Å²) in [6, 6.07) is 5.20. The summed E-state index contributed by atoms with van der Waals surface area (Å²) in [5.41, 5.74) is 5.95. The summed E-state index contributed by atoms with van der Waals surface area (Å²) in [5.74, 6) is 0.852. The van der Waals surface area contributed by atoms with Crippen LogP contribution in [0.4, 0.5) is 0 Å². The van der Waals surface area contributed by atoms with Gasteiger partial charge in [-0.1, -0.05) is 0 Å². The first kappa shape index (κ1) is 13.9. The Bertz CT molecular complexity index is 573. The van der Waals surface area contributed by atoms with E-state index in [9.17, 15) is 9.59 Å². The number of amides is 1. The maximum absolute atomic E-state index is 12.3. The lowest BCUT2D eigenvalue weighted by molar-refractivity contribution is -0.123. The molecule has 1 aromatic rings. The minimum atomic E-state index is -0.282. The van der Waals surface area contributed by atoms with Crippen LogP contribution >= 0.6 is 0 Å². The molecule has 112 valence electrons. The first-order valence-electron chi connectivity index (χ1n) is 7.08. The highest BCUT2D eigenvalue weighted by Crippen LogP contribution is 2.32. The van der Waals surface area contributed by atoms with Crippen LogP contribution in [0.5, 0.6) is 11.5 Å². The molecule has 3 rings (SSSR count). The maximum atomic E-state index is 12.3. The van der Waals surface area contributed by atoms with E-state index in [0.29, 0.717) is 30.2 Å². The molecule has 0 radical (unpaired) electrons. The van der Waals surface area contributed by atoms with Crippen LogP contribution in [0.15, 0.2) is 18.2 Å². The van der Waals surface area contributed by atoms with Crippen LogP contribution < -0.4 is 15.2 Å². The average Bonchev–Trinajstić information content (AvgIpc) is 2.94. The quantitative estimate of drug-likeness (QED) is 0.829. The second-order valence-electron chi connectivity index (χ2n) is 5.47. The van der Waals surface area contributed by atoms with Crippen molar-refractivity contribution in [2.75, 3.05) is 26.4 Å². The predicted octanol–water partition coefficient (Wildman–Crippen LogP) is 0.795. The molecular weight excluding hydrogens is 272 g/mol. The number of hydrogen-bond donors (Lipinski definition) is 1. The van der Waals surface area contributed by atoms with Crippen LogP contribution in [-0.4, -0.2) is 43.0 Å². The van der Waals surface area contributed by atoms with E-state index in [1.54, 1.807) is 18.2 Å². The summed E-state index contributed by atoms with van der Waals surface area (Å²) in [4.78, 5) is 25.6. The number of nitrogens with zero attached hydrogens (tertiary/aromatic N) is 1. The van der Waals surface area contributed by atoms with E-state index in [-0.39, 0.29) is 24.4 Å². The smallest absolute Gasteiger partial charge is 0.231 e. The van der Waals surface area contributed by atoms with Gasteiger partial charge in [0.2, 0.25) is 12.7 Å². The van der Waals surface area contributed by atoms with E-state index in [1.807, 2.05) is 4.90 Å². The Balaban J connectivity index is 1.64. The second kappa shape index (κ2) is 5.73. The van der Waals surface area contributed by atoms with Crippen molar-refractivity contribution < 1.29 is 19.1 Å². The molecule has 0 aromatic heterocycles. The fourth-order valence-electron chi connectivity index (χ4n) is 2.80. The van der Waals surface area contributed by atoms with Gasteiger partial charge in [-0.25, -0.2) is 0 Å². The van der Waals surface area contributed by atoms with Gasteiger partial charge in [0.25, 0.3) is 0 Å². The van der Waals surface area contributed by atoms with E-state index in [0.717, 1.165) is 19.4 Å². The lowest BCUT2D eigenvalue weighted by Gasteiger charge is -2.30. The zero-order valence-corrected chi connectivity index (χ0v) is 11.7. The van der Waals surface area contributed by atoms with E-state index < -0.39 is 0 Å². The van der Waals surface area contributed by atoms with E-state index in [2.05, 4.69) is 0 Å². The normalized spacial score (nSPS) is 21.2. The number of rotatable bonds is 4. The number of carbonyl (C=O) groups excluding carboxylic acids is 2. The third-order valence-corrected chi connectivity index (χ3v) is 3.97. The summed E-state index contributed by atoms with van der Waals surface area (Å²) >= 11 is 0. The van der Waals surface area contributed by atoms with Gasteiger partial charge < -0.3 is 15.2 Å². The SMILES string of the molecule is NC(=O)C1CCCN(CC(=O)c2ccc3c(c2)OCO3)C1. The Morgan fingerprint density at radius 3 is 2.90 bits per heavy atom. The Labute approximate surface area is 122 Å². The minimum absolute atomic E-state index is 0.0124. The lowest BCUT2D eigenvalue weighted by atomic mass is 9.97. The maximum Gasteiger partial charge on any atom is 0.231 e. The largest absolute Gasteiger partial charge is 0.454 e. The summed E-state index contributed by atoms with van der Waals surface area (Å²) < 4.78 is 10.5. The highest BCUT2D eigenvalue weighted by Gasteiger charge is 2.26. The molecule has 21 heavy (non-hydrogen) atoms. The summed E-state index contributed by atoms with van der Waals surface area (Å²) in [6.45, 7) is 1.87. The van der Waals surface area contributed by atoms with E-state index in [4.69, 9.17) is 15.2 Å². The van der Waals surface area contributed by atoms with Gasteiger partial charge in [0.05, 0.1) is 12.5 Å². The van der Waals surface area contributed by atoms with Crippen LogP contribution in [0, 0.1) is 5.92 Å². The number of nitrogens with two attached hydrogens (primary N) is 1. The molecule has 2 aliphatic heterocycles. The van der Waals surface area contributed by atoms with Crippen LogP contribution in [0.2, 0.25) is 0 Å². The Hall–Kier alpha value is -2.08. The summed E-state index contributed by atoms with van der Waals surface area (Å²) in [5, 5.41) is 0. The van der Waals surface area contributed by atoms with Gasteiger partial charge in [0.15, 0.2) is 17.3 Å². The van der Waals surface area contributed by atoms with Crippen LogP contribution in [0.3, 0.4) is 0 Å². The highest BCUT2D eigenvalue weighted by atomic mass is 16.7. The predicted molar refractivity (Wildman–Crippen MR) is 75.3 cm³/mol. The number of fused-ring (bicyclic) bond motifs is 1. The molecule has 1 saturated heterocycles. The number of ether oxygens (including phenoxy) is 2. The van der Waals surface area contributed by atoms with Crippen molar-refractivity contribution in [2.45, 2.75) is 12.8 Å². The number of ketones is 1. The van der Waals surface area contributed by atoms with E-state index >= 15 is 0 Å². The third-order valence-electron chi connectivity index (χ3n) is 3.97. The molecule has 1 amide bonds. The van der Waals surface area contributed by atoms with Gasteiger partial charge in [-0.2, -0.15) is 0 Å². The fraction of sp³-hybridized carbons (Fsp3) is 0.467. The zero-order valence-electron chi connectivity index (χ0n) is 11.7. The second-order valence-corrected chi connectivity index (χ2v) is 5.47. The number of primary amides is 1. The number of piperidine rings is 1. The molecule has 1 aromatic carbocycles. The standard InChI is InChI=1S/C15H18N2O4/c16-15(19)11-2-1-5-17(7-11)8-12(18)10-3-4-13-14(6-10)21-9-20-13/h3-4,6,11H,1-2,5,7-9H2,(H2,16,19). The number of benzene rings is 1. The van der Waals surface area contributed by atoms with Crippen LogP contribution in [0.1, 0.15) is 23.2 Å². The summed E-state index contributed by atoms with van der Waals surface area (Å²) in [6.07, 6.45) is 1.70. The van der Waals surface area contributed by atoms with Crippen molar-refractivity contribution >= 4 is 11.7 Å². The Morgan fingerprint density at radius 1 is 1.29 bits per heavy atom. The molecule has 2 heterocycles. The molecule has 2 aliphatic rings. The molecule has 0 saturated carbocycles. The highest BCUT2D eigenvalue weighted by molar-refractivity contribution is 5.98. The van der Waals surface area contributed by atoms with Gasteiger partial charge in [-0.05, 0) is 37.6 Å². The number of likely N-dealkylation sites (tertiary alicyclic amines) is 1. The molecule has 0 bridgehead atoms.